The number of nitrogens with zero attached hydrogens (tertiary/aromatic N) is 1. The minimum absolute atomic E-state index is 0.0193. The van der Waals surface area contributed by atoms with Crippen LogP contribution in [0.4, 0.5) is 16.2 Å². The van der Waals surface area contributed by atoms with E-state index in [1.807, 2.05) is 91.0 Å². The lowest BCUT2D eigenvalue weighted by Gasteiger charge is -2.43. The lowest BCUT2D eigenvalue weighted by Crippen LogP contribution is -2.44. The number of para-hydroxylation sites is 1. The Kier molecular flexibility index (Phi) is 11.1. The molecule has 1 saturated heterocycles. The van der Waals surface area contributed by atoms with Gasteiger partial charge in [0.1, 0.15) is 11.5 Å². The summed E-state index contributed by atoms with van der Waals surface area (Å²) in [6.45, 7) is 5.05. The number of carbonyl (C=O) groups excluding carboxylic acids is 1. The molecule has 0 radical (unpaired) electrons. The number of amides is 2. The van der Waals surface area contributed by atoms with E-state index >= 15 is 0 Å². The normalized spacial score (nSPS) is 19.1. The number of hydrogen-bond donors (Lipinski definition) is 3. The second-order valence-corrected chi connectivity index (χ2v) is 13.7. The van der Waals surface area contributed by atoms with Crippen molar-refractivity contribution in [2.45, 2.75) is 45.0 Å². The van der Waals surface area contributed by atoms with Gasteiger partial charge in [-0.3, -0.25) is 4.90 Å². The quantitative estimate of drug-likeness (QED) is 0.124. The van der Waals surface area contributed by atoms with Gasteiger partial charge in [-0.2, -0.15) is 0 Å². The Bertz CT molecular complexity index is 2120. The molecule has 6 aromatic carbocycles. The number of anilines is 2. The molecule has 7 rings (SSSR count). The number of aliphatic hydroxyl groups is 1. The van der Waals surface area contributed by atoms with Crippen LogP contribution in [0.5, 0.6) is 11.5 Å². The molecule has 0 unspecified atom stereocenters. The molecule has 3 N–H and O–H groups in total. The van der Waals surface area contributed by atoms with Crippen molar-refractivity contribution in [3.05, 3.63) is 168 Å². The van der Waals surface area contributed by atoms with Gasteiger partial charge in [0.15, 0.2) is 6.29 Å². The molecule has 1 heterocycles. The van der Waals surface area contributed by atoms with E-state index in [2.05, 4.69) is 78.9 Å². The minimum Gasteiger partial charge on any atom is -0.457 e. The molecule has 1 fully saturated rings. The van der Waals surface area contributed by atoms with Crippen LogP contribution in [0.25, 0.3) is 10.8 Å². The van der Waals surface area contributed by atoms with Crippen LogP contribution in [0.2, 0.25) is 0 Å². The molecule has 2 amide bonds. The Balaban J connectivity index is 1.06. The fourth-order valence-corrected chi connectivity index (χ4v) is 6.78. The van der Waals surface area contributed by atoms with Gasteiger partial charge in [-0.15, -0.1) is 0 Å². The van der Waals surface area contributed by atoms with E-state index in [4.69, 9.17) is 14.2 Å². The van der Waals surface area contributed by atoms with Crippen molar-refractivity contribution in [2.24, 2.45) is 5.92 Å². The largest absolute Gasteiger partial charge is 0.457 e. The number of nitrogens with one attached hydrogen (secondary N) is 2. The molecule has 53 heavy (non-hydrogen) atoms. The first-order chi connectivity index (χ1) is 25.8. The average molecular weight is 708 g/mol. The second-order valence-electron chi connectivity index (χ2n) is 13.7. The number of aliphatic hydroxyl groups excluding tert-OH is 1. The number of benzene rings is 6. The Morgan fingerprint density at radius 3 is 2.19 bits per heavy atom. The summed E-state index contributed by atoms with van der Waals surface area (Å²) in [5.41, 5.74) is 5.15. The Morgan fingerprint density at radius 2 is 1.43 bits per heavy atom. The summed E-state index contributed by atoms with van der Waals surface area (Å²) in [6, 6.07) is 47.1. The maximum Gasteiger partial charge on any atom is 0.323 e. The van der Waals surface area contributed by atoms with Crippen molar-refractivity contribution in [3.8, 4) is 11.5 Å². The van der Waals surface area contributed by atoms with E-state index in [0.717, 1.165) is 22.4 Å². The fourth-order valence-electron chi connectivity index (χ4n) is 6.78. The van der Waals surface area contributed by atoms with Crippen molar-refractivity contribution in [3.63, 3.8) is 0 Å². The van der Waals surface area contributed by atoms with Crippen LogP contribution in [-0.2, 0) is 16.1 Å². The summed E-state index contributed by atoms with van der Waals surface area (Å²) in [7, 11) is 2.14. The number of ether oxygens (including phenoxy) is 3. The van der Waals surface area contributed by atoms with Gasteiger partial charge in [0, 0.05) is 35.4 Å². The molecular formula is C45H45N3O5. The van der Waals surface area contributed by atoms with Gasteiger partial charge in [0.05, 0.1) is 18.8 Å². The smallest absolute Gasteiger partial charge is 0.323 e. The molecule has 1 aliphatic heterocycles. The third kappa shape index (κ3) is 8.76. The predicted molar refractivity (Wildman–Crippen MR) is 210 cm³/mol. The Labute approximate surface area is 311 Å². The fraction of sp³-hybridized carbons (Fsp3) is 0.222. The molecule has 0 spiro atoms. The van der Waals surface area contributed by atoms with Crippen molar-refractivity contribution >= 4 is 28.2 Å². The van der Waals surface area contributed by atoms with Crippen LogP contribution in [0, 0.1) is 5.92 Å². The molecule has 8 heteroatoms. The number of hydrogen-bond acceptors (Lipinski definition) is 6. The van der Waals surface area contributed by atoms with E-state index in [0.29, 0.717) is 23.7 Å². The van der Waals surface area contributed by atoms with E-state index in [9.17, 15) is 9.90 Å². The van der Waals surface area contributed by atoms with Crippen molar-refractivity contribution in [1.82, 2.24) is 4.90 Å². The second kappa shape index (κ2) is 16.4. The molecule has 270 valence electrons. The third-order valence-electron chi connectivity index (χ3n) is 10.0. The Morgan fingerprint density at radius 1 is 0.736 bits per heavy atom. The van der Waals surface area contributed by atoms with E-state index in [1.165, 1.54) is 16.3 Å². The van der Waals surface area contributed by atoms with Gasteiger partial charge in [-0.1, -0.05) is 97.9 Å². The summed E-state index contributed by atoms with van der Waals surface area (Å²) in [6.07, 6.45) is -1.10. The zero-order chi connectivity index (χ0) is 36.7. The van der Waals surface area contributed by atoms with Gasteiger partial charge >= 0.3 is 6.03 Å². The topological polar surface area (TPSA) is 92.3 Å². The number of rotatable bonds is 11. The average Bonchev–Trinajstić information content (AvgIpc) is 3.19. The molecule has 8 nitrogen and oxygen atoms in total. The Hall–Kier alpha value is -5.51. The minimum atomic E-state index is -0.676. The first-order valence-corrected chi connectivity index (χ1v) is 18.0. The van der Waals surface area contributed by atoms with E-state index in [1.54, 1.807) is 12.1 Å². The van der Waals surface area contributed by atoms with Crippen molar-refractivity contribution < 1.29 is 24.1 Å². The highest BCUT2D eigenvalue weighted by atomic mass is 16.7. The molecule has 0 saturated carbocycles. The summed E-state index contributed by atoms with van der Waals surface area (Å²) in [4.78, 5) is 15.4. The highest BCUT2D eigenvalue weighted by Gasteiger charge is 2.39. The lowest BCUT2D eigenvalue weighted by atomic mass is 9.89. The number of carbonyl (C=O) groups is 1. The summed E-state index contributed by atoms with van der Waals surface area (Å²) in [5, 5.41) is 18.0. The number of likely N-dealkylation sites (N-methyl/N-ethyl adjacent to an activating group) is 1. The highest BCUT2D eigenvalue weighted by Crippen LogP contribution is 2.42. The molecule has 5 atom stereocenters. The van der Waals surface area contributed by atoms with E-state index < -0.39 is 6.29 Å². The molecule has 0 bridgehead atoms. The standard InChI is InChI=1S/C45H45N3O5/c1-30-42(28-48(3)31(2)35-21-20-33-10-7-8-11-36(33)26-35)52-44(53-43(30)34-18-16-32(29-49)17-19-34)37-12-9-13-39(27-37)47-45(50)46-38-22-24-41(25-23-38)51-40-14-5-4-6-15-40/h4-27,30-31,42-44,49H,28-29H2,1-3H3,(H2,46,47,50)/t30-,31+,42+,43+,44+/m0/s1. The summed E-state index contributed by atoms with van der Waals surface area (Å²) in [5.74, 6) is 1.44. The van der Waals surface area contributed by atoms with Crippen LogP contribution < -0.4 is 15.4 Å². The lowest BCUT2D eigenvalue weighted by molar-refractivity contribution is -0.276. The molecular weight excluding hydrogens is 663 g/mol. The van der Waals surface area contributed by atoms with Gasteiger partial charge in [0.25, 0.3) is 0 Å². The summed E-state index contributed by atoms with van der Waals surface area (Å²) >= 11 is 0. The van der Waals surface area contributed by atoms with Gasteiger partial charge in [-0.05, 0) is 96.0 Å². The zero-order valence-electron chi connectivity index (χ0n) is 30.2. The summed E-state index contributed by atoms with van der Waals surface area (Å²) < 4.78 is 19.4. The van der Waals surface area contributed by atoms with Crippen LogP contribution in [0.15, 0.2) is 146 Å². The molecule has 0 aromatic heterocycles. The highest BCUT2D eigenvalue weighted by molar-refractivity contribution is 5.99. The number of fused-ring (bicyclic) bond motifs is 1. The monoisotopic (exact) mass is 707 g/mol. The SMILES string of the molecule is C[C@H]1[C@@H](CN(C)[C@H](C)c2ccc3ccccc3c2)O[C@@H](c2cccc(NC(=O)Nc3ccc(Oc4ccccc4)cc3)c2)O[C@H]1c1ccc(CO)cc1. The van der Waals surface area contributed by atoms with E-state index in [-0.39, 0.29) is 36.8 Å². The molecule has 0 aliphatic carbocycles. The third-order valence-corrected chi connectivity index (χ3v) is 10.0. The van der Waals surface area contributed by atoms with Gasteiger partial charge < -0.3 is 30.0 Å². The van der Waals surface area contributed by atoms with Gasteiger partial charge in [0.2, 0.25) is 0 Å². The maximum absolute atomic E-state index is 13.1. The van der Waals surface area contributed by atoms with Crippen LogP contribution in [0.1, 0.15) is 54.5 Å². The molecule has 6 aromatic rings. The first kappa shape index (κ1) is 35.9. The van der Waals surface area contributed by atoms with Crippen molar-refractivity contribution in [2.75, 3.05) is 24.2 Å². The number of urea groups is 1. The predicted octanol–water partition coefficient (Wildman–Crippen LogP) is 10.3. The van der Waals surface area contributed by atoms with Gasteiger partial charge in [-0.25, -0.2) is 4.79 Å². The van der Waals surface area contributed by atoms with Crippen LogP contribution >= 0.6 is 0 Å². The molecule has 1 aliphatic rings. The van der Waals surface area contributed by atoms with Crippen LogP contribution in [0.3, 0.4) is 0 Å². The maximum atomic E-state index is 13.1. The first-order valence-electron chi connectivity index (χ1n) is 18.0. The van der Waals surface area contributed by atoms with Crippen molar-refractivity contribution in [1.29, 1.82) is 0 Å². The van der Waals surface area contributed by atoms with Crippen LogP contribution in [-0.4, -0.2) is 35.7 Å². The zero-order valence-corrected chi connectivity index (χ0v) is 30.2.